The van der Waals surface area contributed by atoms with E-state index in [2.05, 4.69) is 0 Å². The average Bonchev–Trinajstić information content (AvgIpc) is 2.04. The molecule has 0 N–H and O–H groups in total. The van der Waals surface area contributed by atoms with Crippen molar-refractivity contribution in [1.82, 2.24) is 0 Å². The molecular formula is C9H8ClNO. The van der Waals surface area contributed by atoms with E-state index in [9.17, 15) is 0 Å². The number of rotatable bonds is 2. The molecule has 0 aromatic heterocycles. The molecule has 2 nitrogen and oxygen atoms in total. The van der Waals surface area contributed by atoms with Crippen molar-refractivity contribution in [3.63, 3.8) is 0 Å². The number of ether oxygens (including phenoxy) is 1. The zero-order valence-electron chi connectivity index (χ0n) is 6.67. The Morgan fingerprint density at radius 2 is 2.25 bits per heavy atom. The van der Waals surface area contributed by atoms with Gasteiger partial charge in [-0.15, -0.1) is 0 Å². The van der Waals surface area contributed by atoms with E-state index in [4.69, 9.17) is 21.6 Å². The fourth-order valence-electron chi connectivity index (χ4n) is 0.932. The van der Waals surface area contributed by atoms with Gasteiger partial charge >= 0.3 is 0 Å². The van der Waals surface area contributed by atoms with Gasteiger partial charge in [-0.1, -0.05) is 11.6 Å². The van der Waals surface area contributed by atoms with Gasteiger partial charge in [0.05, 0.1) is 19.6 Å². The Bertz CT molecular complexity index is 317. The third-order valence-corrected chi connectivity index (χ3v) is 1.67. The van der Waals surface area contributed by atoms with Crippen LogP contribution in [0.5, 0.6) is 5.75 Å². The number of halogens is 1. The van der Waals surface area contributed by atoms with Gasteiger partial charge in [0, 0.05) is 5.02 Å². The van der Waals surface area contributed by atoms with Crippen LogP contribution < -0.4 is 4.74 Å². The minimum Gasteiger partial charge on any atom is -0.497 e. The van der Waals surface area contributed by atoms with E-state index in [1.54, 1.807) is 25.3 Å². The van der Waals surface area contributed by atoms with Crippen LogP contribution in [-0.2, 0) is 6.42 Å². The molecule has 0 atom stereocenters. The normalized spacial score (nSPS) is 9.08. The summed E-state index contributed by atoms with van der Waals surface area (Å²) in [6.07, 6.45) is 0.358. The zero-order chi connectivity index (χ0) is 8.97. The number of benzene rings is 1. The van der Waals surface area contributed by atoms with E-state index in [-0.39, 0.29) is 0 Å². The number of nitrogens with zero attached hydrogens (tertiary/aromatic N) is 1. The summed E-state index contributed by atoms with van der Waals surface area (Å²) in [5.74, 6) is 0.688. The highest BCUT2D eigenvalue weighted by atomic mass is 35.5. The Morgan fingerprint density at radius 1 is 1.50 bits per heavy atom. The predicted molar refractivity (Wildman–Crippen MR) is 47.3 cm³/mol. The first-order valence-electron chi connectivity index (χ1n) is 3.46. The highest BCUT2D eigenvalue weighted by molar-refractivity contribution is 6.30. The third-order valence-electron chi connectivity index (χ3n) is 1.45. The molecule has 0 aliphatic carbocycles. The quantitative estimate of drug-likeness (QED) is 0.702. The molecule has 0 amide bonds. The topological polar surface area (TPSA) is 33.0 Å². The second-order valence-electron chi connectivity index (χ2n) is 2.33. The maximum absolute atomic E-state index is 8.44. The molecule has 0 saturated heterocycles. The van der Waals surface area contributed by atoms with Crippen LogP contribution in [0.3, 0.4) is 0 Å². The Morgan fingerprint density at radius 3 is 2.83 bits per heavy atom. The third kappa shape index (κ3) is 2.14. The van der Waals surface area contributed by atoms with E-state index in [1.807, 2.05) is 6.07 Å². The summed E-state index contributed by atoms with van der Waals surface area (Å²) in [5, 5.41) is 9.04. The van der Waals surface area contributed by atoms with Crippen LogP contribution in [0.4, 0.5) is 0 Å². The standard InChI is InChI=1S/C9H8ClNO/c1-12-9-5-7(2-3-11)4-8(10)6-9/h4-6H,2H2,1H3. The molecule has 0 aliphatic rings. The van der Waals surface area contributed by atoms with Crippen molar-refractivity contribution < 1.29 is 4.74 Å². The molecule has 0 radical (unpaired) electrons. The lowest BCUT2D eigenvalue weighted by molar-refractivity contribution is 0.414. The molecule has 12 heavy (non-hydrogen) atoms. The molecule has 0 saturated carbocycles. The molecule has 1 aromatic carbocycles. The van der Waals surface area contributed by atoms with Gasteiger partial charge < -0.3 is 4.74 Å². The highest BCUT2D eigenvalue weighted by Crippen LogP contribution is 2.20. The van der Waals surface area contributed by atoms with Crippen LogP contribution in [0, 0.1) is 11.3 Å². The van der Waals surface area contributed by atoms with Crippen LogP contribution >= 0.6 is 11.6 Å². The summed E-state index contributed by atoms with van der Waals surface area (Å²) in [6.45, 7) is 0. The lowest BCUT2D eigenvalue weighted by Crippen LogP contribution is -1.86. The van der Waals surface area contributed by atoms with Crippen LogP contribution in [0.15, 0.2) is 18.2 Å². The van der Waals surface area contributed by atoms with Crippen molar-refractivity contribution in [2.75, 3.05) is 7.11 Å². The second kappa shape index (κ2) is 3.99. The van der Waals surface area contributed by atoms with E-state index < -0.39 is 0 Å². The minimum absolute atomic E-state index is 0.358. The van der Waals surface area contributed by atoms with Crippen LogP contribution in [0.1, 0.15) is 5.56 Å². The van der Waals surface area contributed by atoms with E-state index in [0.29, 0.717) is 17.2 Å². The highest BCUT2D eigenvalue weighted by Gasteiger charge is 1.98. The molecule has 1 aromatic rings. The molecule has 0 spiro atoms. The first-order valence-corrected chi connectivity index (χ1v) is 3.84. The van der Waals surface area contributed by atoms with Crippen molar-refractivity contribution >= 4 is 11.6 Å². The lowest BCUT2D eigenvalue weighted by atomic mass is 10.1. The molecular weight excluding hydrogens is 174 g/mol. The Kier molecular flexibility index (Phi) is 2.95. The van der Waals surface area contributed by atoms with Gasteiger partial charge in [0.2, 0.25) is 0 Å². The van der Waals surface area contributed by atoms with Crippen LogP contribution in [-0.4, -0.2) is 7.11 Å². The van der Waals surface area contributed by atoms with E-state index in [1.165, 1.54) is 0 Å². The van der Waals surface area contributed by atoms with Crippen molar-refractivity contribution in [1.29, 1.82) is 5.26 Å². The first-order chi connectivity index (χ1) is 5.76. The fraction of sp³-hybridized carbons (Fsp3) is 0.222. The maximum Gasteiger partial charge on any atom is 0.120 e. The largest absolute Gasteiger partial charge is 0.497 e. The SMILES string of the molecule is COc1cc(Cl)cc(CC#N)c1. The minimum atomic E-state index is 0.358. The first kappa shape index (κ1) is 8.89. The van der Waals surface area contributed by atoms with E-state index >= 15 is 0 Å². The van der Waals surface area contributed by atoms with Crippen molar-refractivity contribution in [2.24, 2.45) is 0 Å². The smallest absolute Gasteiger partial charge is 0.120 e. The molecule has 62 valence electrons. The van der Waals surface area contributed by atoms with Gasteiger partial charge in [-0.25, -0.2) is 0 Å². The molecule has 1 rings (SSSR count). The van der Waals surface area contributed by atoms with Gasteiger partial charge in [-0.05, 0) is 23.8 Å². The summed E-state index contributed by atoms with van der Waals surface area (Å²) in [4.78, 5) is 0. The van der Waals surface area contributed by atoms with Gasteiger partial charge in [0.25, 0.3) is 0 Å². The van der Waals surface area contributed by atoms with Gasteiger partial charge in [0.15, 0.2) is 0 Å². The molecule has 0 heterocycles. The molecule has 0 aliphatic heterocycles. The summed E-state index contributed by atoms with van der Waals surface area (Å²) < 4.78 is 4.99. The molecule has 0 unspecified atom stereocenters. The van der Waals surface area contributed by atoms with Gasteiger partial charge in [0.1, 0.15) is 5.75 Å². The number of methoxy groups -OCH3 is 1. The Hall–Kier alpha value is -1.20. The monoisotopic (exact) mass is 181 g/mol. The molecule has 0 fully saturated rings. The van der Waals surface area contributed by atoms with Gasteiger partial charge in [-0.3, -0.25) is 0 Å². The predicted octanol–water partition coefficient (Wildman–Crippen LogP) is 2.41. The van der Waals surface area contributed by atoms with Gasteiger partial charge in [-0.2, -0.15) is 5.26 Å². The summed E-state index contributed by atoms with van der Waals surface area (Å²) >= 11 is 5.78. The van der Waals surface area contributed by atoms with Crippen molar-refractivity contribution in [3.8, 4) is 11.8 Å². The zero-order valence-corrected chi connectivity index (χ0v) is 7.43. The molecule has 0 bridgehead atoms. The van der Waals surface area contributed by atoms with Crippen molar-refractivity contribution in [3.05, 3.63) is 28.8 Å². The Labute approximate surface area is 76.3 Å². The Balaban J connectivity index is 2.99. The van der Waals surface area contributed by atoms with Crippen LogP contribution in [0.25, 0.3) is 0 Å². The molecule has 3 heteroatoms. The summed E-state index contributed by atoms with van der Waals surface area (Å²) in [7, 11) is 1.57. The lowest BCUT2D eigenvalue weighted by Gasteiger charge is -2.02. The van der Waals surface area contributed by atoms with Crippen molar-refractivity contribution in [2.45, 2.75) is 6.42 Å². The fourth-order valence-corrected chi connectivity index (χ4v) is 1.18. The maximum atomic E-state index is 8.44. The average molecular weight is 182 g/mol. The number of hydrogen-bond acceptors (Lipinski definition) is 2. The summed E-state index contributed by atoms with van der Waals surface area (Å²) in [5.41, 5.74) is 0.877. The van der Waals surface area contributed by atoms with E-state index in [0.717, 1.165) is 5.56 Å². The number of nitriles is 1. The summed E-state index contributed by atoms with van der Waals surface area (Å²) in [6, 6.07) is 7.32. The number of hydrogen-bond donors (Lipinski definition) is 0. The van der Waals surface area contributed by atoms with Crippen LogP contribution in [0.2, 0.25) is 5.02 Å². The second-order valence-corrected chi connectivity index (χ2v) is 2.77.